The van der Waals surface area contributed by atoms with Crippen LogP contribution in [0.2, 0.25) is 10.0 Å². The molecular weight excluding hydrogens is 324 g/mol. The van der Waals surface area contributed by atoms with Crippen molar-refractivity contribution in [3.63, 3.8) is 0 Å². The van der Waals surface area contributed by atoms with Gasteiger partial charge in [-0.25, -0.2) is 0 Å². The summed E-state index contributed by atoms with van der Waals surface area (Å²) in [6, 6.07) is 9.83. The van der Waals surface area contributed by atoms with Crippen molar-refractivity contribution in [2.45, 2.75) is 6.18 Å². The number of benzene rings is 2. The van der Waals surface area contributed by atoms with Crippen LogP contribution in [0.1, 0.15) is 11.1 Å². The molecule has 0 unspecified atom stereocenters. The molecule has 2 aromatic carbocycles. The summed E-state index contributed by atoms with van der Waals surface area (Å²) in [4.78, 5) is 0. The third kappa shape index (κ3) is 4.12. The van der Waals surface area contributed by atoms with E-state index in [0.717, 1.165) is 12.3 Å². The minimum atomic E-state index is -4.43. The van der Waals surface area contributed by atoms with E-state index >= 15 is 0 Å². The van der Waals surface area contributed by atoms with Crippen LogP contribution in [0.15, 0.2) is 47.6 Å². The first kappa shape index (κ1) is 15.7. The third-order valence-corrected chi connectivity index (χ3v) is 3.15. The summed E-state index contributed by atoms with van der Waals surface area (Å²) in [5.74, 6) is 0. The maximum Gasteiger partial charge on any atom is 0.417 e. The highest BCUT2D eigenvalue weighted by atomic mass is 35.5. The molecule has 1 N–H and O–H groups in total. The van der Waals surface area contributed by atoms with Crippen LogP contribution in [0, 0.1) is 0 Å². The lowest BCUT2D eigenvalue weighted by molar-refractivity contribution is -0.137. The number of nitrogens with one attached hydrogen (secondary N) is 1. The average molecular weight is 333 g/mol. The number of hydrogen-bond acceptors (Lipinski definition) is 2. The van der Waals surface area contributed by atoms with E-state index in [0.29, 0.717) is 15.7 Å². The zero-order chi connectivity index (χ0) is 15.5. The van der Waals surface area contributed by atoms with Crippen molar-refractivity contribution in [1.29, 1.82) is 0 Å². The Balaban J connectivity index is 2.21. The second kappa shape index (κ2) is 6.37. The molecule has 0 saturated heterocycles. The number of rotatable bonds is 3. The van der Waals surface area contributed by atoms with Crippen LogP contribution in [-0.4, -0.2) is 6.21 Å². The molecule has 0 aliphatic carbocycles. The first-order valence-corrected chi connectivity index (χ1v) is 6.54. The molecule has 2 aromatic rings. The number of hydrazone groups is 1. The zero-order valence-corrected chi connectivity index (χ0v) is 12.0. The molecule has 0 saturated carbocycles. The Hall–Kier alpha value is -1.72. The van der Waals surface area contributed by atoms with Gasteiger partial charge in [0.2, 0.25) is 0 Å². The van der Waals surface area contributed by atoms with Crippen molar-refractivity contribution in [2.24, 2.45) is 5.10 Å². The molecule has 0 aromatic heterocycles. The Bertz CT molecular complexity index is 670. The van der Waals surface area contributed by atoms with Crippen LogP contribution in [0.5, 0.6) is 0 Å². The van der Waals surface area contributed by atoms with Gasteiger partial charge >= 0.3 is 6.18 Å². The number of nitrogens with zero attached hydrogens (tertiary/aromatic N) is 1. The molecule has 110 valence electrons. The van der Waals surface area contributed by atoms with Gasteiger partial charge in [0.15, 0.2) is 0 Å². The molecule has 0 amide bonds. The highest BCUT2D eigenvalue weighted by molar-refractivity contribution is 6.35. The zero-order valence-electron chi connectivity index (χ0n) is 10.5. The van der Waals surface area contributed by atoms with Crippen molar-refractivity contribution in [1.82, 2.24) is 0 Å². The van der Waals surface area contributed by atoms with Gasteiger partial charge < -0.3 is 0 Å². The van der Waals surface area contributed by atoms with Gasteiger partial charge in [-0.15, -0.1) is 0 Å². The maximum absolute atomic E-state index is 12.8. The van der Waals surface area contributed by atoms with Crippen LogP contribution in [-0.2, 0) is 6.18 Å². The van der Waals surface area contributed by atoms with E-state index < -0.39 is 11.7 Å². The fourth-order valence-electron chi connectivity index (χ4n) is 1.62. The van der Waals surface area contributed by atoms with Gasteiger partial charge in [-0.3, -0.25) is 5.43 Å². The van der Waals surface area contributed by atoms with Crippen molar-refractivity contribution in [2.75, 3.05) is 5.43 Å². The number of alkyl halides is 3. The summed E-state index contributed by atoms with van der Waals surface area (Å²) in [5.41, 5.74) is 2.17. The molecule has 21 heavy (non-hydrogen) atoms. The maximum atomic E-state index is 12.8. The molecule has 0 aliphatic rings. The molecule has 0 heterocycles. The van der Waals surface area contributed by atoms with Gasteiger partial charge in [-0.1, -0.05) is 41.4 Å². The Morgan fingerprint density at radius 3 is 2.48 bits per heavy atom. The van der Waals surface area contributed by atoms with Crippen LogP contribution < -0.4 is 5.43 Å². The summed E-state index contributed by atoms with van der Waals surface area (Å²) in [6.07, 6.45) is -3.35. The molecular formula is C14H9Cl2F3N2. The predicted molar refractivity (Wildman–Crippen MR) is 79.1 cm³/mol. The molecule has 0 spiro atoms. The van der Waals surface area contributed by atoms with Gasteiger partial charge in [0, 0.05) is 10.6 Å². The lowest BCUT2D eigenvalue weighted by atomic mass is 10.1. The first-order valence-electron chi connectivity index (χ1n) is 5.78. The predicted octanol–water partition coefficient (Wildman–Crippen LogP) is 5.46. The second-order valence-corrected chi connectivity index (χ2v) is 4.92. The lowest BCUT2D eigenvalue weighted by Crippen LogP contribution is -2.08. The summed E-state index contributed by atoms with van der Waals surface area (Å²) >= 11 is 11.7. The van der Waals surface area contributed by atoms with E-state index in [4.69, 9.17) is 23.2 Å². The molecule has 7 heteroatoms. The largest absolute Gasteiger partial charge is 0.417 e. The normalized spacial score (nSPS) is 11.9. The Labute approximate surface area is 129 Å². The van der Waals surface area contributed by atoms with Gasteiger partial charge in [-0.2, -0.15) is 18.3 Å². The SMILES string of the molecule is FC(F)(F)c1ccccc1/C=N\Nc1cc(Cl)ccc1Cl. The standard InChI is InChI=1S/C14H9Cl2F3N2/c15-10-5-6-12(16)13(7-10)21-20-8-9-3-1-2-4-11(9)14(17,18)19/h1-8,21H/b20-8-. The Kier molecular flexibility index (Phi) is 4.75. The molecule has 0 fully saturated rings. The number of halogens is 5. The van der Waals surface area contributed by atoms with Crippen molar-refractivity contribution < 1.29 is 13.2 Å². The average Bonchev–Trinajstić information content (AvgIpc) is 2.42. The fraction of sp³-hybridized carbons (Fsp3) is 0.0714. The van der Waals surface area contributed by atoms with E-state index in [1.165, 1.54) is 24.3 Å². The van der Waals surface area contributed by atoms with Crippen LogP contribution in [0.4, 0.5) is 18.9 Å². The third-order valence-electron chi connectivity index (χ3n) is 2.58. The fourth-order valence-corrected chi connectivity index (χ4v) is 1.95. The summed E-state index contributed by atoms with van der Waals surface area (Å²) in [7, 11) is 0. The Morgan fingerprint density at radius 2 is 1.76 bits per heavy atom. The molecule has 0 atom stereocenters. The van der Waals surface area contributed by atoms with Gasteiger partial charge in [0.1, 0.15) is 0 Å². The molecule has 2 rings (SSSR count). The van der Waals surface area contributed by atoms with E-state index in [-0.39, 0.29) is 5.56 Å². The van der Waals surface area contributed by atoms with Crippen molar-refractivity contribution >= 4 is 35.1 Å². The number of hydrogen-bond donors (Lipinski definition) is 1. The van der Waals surface area contributed by atoms with E-state index in [9.17, 15) is 13.2 Å². The quantitative estimate of drug-likeness (QED) is 0.585. The summed E-state index contributed by atoms with van der Waals surface area (Å²) < 4.78 is 38.4. The Morgan fingerprint density at radius 1 is 1.05 bits per heavy atom. The summed E-state index contributed by atoms with van der Waals surface area (Å²) in [5, 5.41) is 4.57. The molecule has 0 aliphatic heterocycles. The van der Waals surface area contributed by atoms with E-state index in [1.807, 2.05) is 0 Å². The van der Waals surface area contributed by atoms with Crippen LogP contribution >= 0.6 is 23.2 Å². The van der Waals surface area contributed by atoms with Gasteiger partial charge in [0.05, 0.1) is 22.5 Å². The molecule has 0 bridgehead atoms. The molecule has 2 nitrogen and oxygen atoms in total. The minimum absolute atomic E-state index is 0.0457. The highest BCUT2D eigenvalue weighted by Gasteiger charge is 2.32. The minimum Gasteiger partial charge on any atom is -0.277 e. The van der Waals surface area contributed by atoms with Crippen LogP contribution in [0.3, 0.4) is 0 Å². The topological polar surface area (TPSA) is 24.4 Å². The number of anilines is 1. The van der Waals surface area contributed by atoms with Gasteiger partial charge in [-0.05, 0) is 24.3 Å². The second-order valence-electron chi connectivity index (χ2n) is 4.08. The van der Waals surface area contributed by atoms with E-state index in [2.05, 4.69) is 10.5 Å². The van der Waals surface area contributed by atoms with Crippen LogP contribution in [0.25, 0.3) is 0 Å². The smallest absolute Gasteiger partial charge is 0.277 e. The monoisotopic (exact) mass is 332 g/mol. The van der Waals surface area contributed by atoms with Crippen molar-refractivity contribution in [3.05, 3.63) is 63.6 Å². The van der Waals surface area contributed by atoms with E-state index in [1.54, 1.807) is 12.1 Å². The first-order chi connectivity index (χ1) is 9.88. The van der Waals surface area contributed by atoms with Gasteiger partial charge in [0.25, 0.3) is 0 Å². The van der Waals surface area contributed by atoms with Crippen molar-refractivity contribution in [3.8, 4) is 0 Å². The molecule has 0 radical (unpaired) electrons. The lowest BCUT2D eigenvalue weighted by Gasteiger charge is -2.09. The summed E-state index contributed by atoms with van der Waals surface area (Å²) in [6.45, 7) is 0. The highest BCUT2D eigenvalue weighted by Crippen LogP contribution is 2.31.